The van der Waals surface area contributed by atoms with Crippen LogP contribution in [0.1, 0.15) is 25.3 Å². The van der Waals surface area contributed by atoms with Crippen molar-refractivity contribution >= 4 is 33.2 Å². The molecule has 0 radical (unpaired) electrons. The van der Waals surface area contributed by atoms with E-state index in [1.807, 2.05) is 0 Å². The number of ether oxygens (including phenoxy) is 1. The van der Waals surface area contributed by atoms with Crippen LogP contribution in [0.3, 0.4) is 0 Å². The minimum Gasteiger partial charge on any atom is -0.496 e. The van der Waals surface area contributed by atoms with Crippen molar-refractivity contribution in [2.45, 2.75) is 31.6 Å². The first-order valence-electron chi connectivity index (χ1n) is 10.0. The highest BCUT2D eigenvalue weighted by molar-refractivity contribution is 7.89. The van der Waals surface area contributed by atoms with E-state index in [1.54, 1.807) is 43.3 Å². The van der Waals surface area contributed by atoms with Crippen molar-refractivity contribution in [3.8, 4) is 5.75 Å². The summed E-state index contributed by atoms with van der Waals surface area (Å²) in [6.45, 7) is 3.72. The summed E-state index contributed by atoms with van der Waals surface area (Å²) in [5.74, 6) is -0.220. The van der Waals surface area contributed by atoms with Gasteiger partial charge < -0.3 is 15.4 Å². The molecule has 1 saturated heterocycles. The lowest BCUT2D eigenvalue weighted by atomic mass is 9.98. The number of hydrogen-bond acceptors (Lipinski definition) is 5. The van der Waals surface area contributed by atoms with Crippen molar-refractivity contribution in [2.24, 2.45) is 5.92 Å². The molecule has 1 fully saturated rings. The molecule has 1 atom stereocenters. The lowest BCUT2D eigenvalue weighted by Gasteiger charge is -2.31. The molecule has 2 aromatic rings. The number of nitrogens with zero attached hydrogens (tertiary/aromatic N) is 1. The molecular formula is C22H27N3O5S. The molecule has 1 aliphatic rings. The maximum Gasteiger partial charge on any atom is 0.243 e. The van der Waals surface area contributed by atoms with Gasteiger partial charge in [-0.3, -0.25) is 9.59 Å². The summed E-state index contributed by atoms with van der Waals surface area (Å²) in [5.41, 5.74) is 1.96. The van der Waals surface area contributed by atoms with E-state index < -0.39 is 15.9 Å². The molecule has 0 aliphatic carbocycles. The molecule has 1 heterocycles. The number of hydrogen-bond donors (Lipinski definition) is 2. The van der Waals surface area contributed by atoms with Crippen LogP contribution in [0.2, 0.25) is 0 Å². The SMILES string of the molecule is COc1ccc(S(=O)(=O)N2CCC[C@@H](C(=O)Nc3ccc(NC(C)=O)cc3)C2)cc1C. The van der Waals surface area contributed by atoms with Gasteiger partial charge in [0, 0.05) is 31.4 Å². The van der Waals surface area contributed by atoms with E-state index >= 15 is 0 Å². The Balaban J connectivity index is 1.68. The fourth-order valence-electron chi connectivity index (χ4n) is 3.62. The quantitative estimate of drug-likeness (QED) is 0.711. The minimum absolute atomic E-state index is 0.128. The van der Waals surface area contributed by atoms with E-state index in [4.69, 9.17) is 4.74 Å². The van der Waals surface area contributed by atoms with Crippen LogP contribution in [0.25, 0.3) is 0 Å². The van der Waals surface area contributed by atoms with Gasteiger partial charge in [-0.05, 0) is 67.8 Å². The number of nitrogens with one attached hydrogen (secondary N) is 2. The largest absolute Gasteiger partial charge is 0.496 e. The van der Waals surface area contributed by atoms with Gasteiger partial charge in [0.2, 0.25) is 21.8 Å². The van der Waals surface area contributed by atoms with Crippen molar-refractivity contribution < 1.29 is 22.7 Å². The first-order valence-corrected chi connectivity index (χ1v) is 11.5. The molecule has 166 valence electrons. The summed E-state index contributed by atoms with van der Waals surface area (Å²) in [7, 11) is -2.17. The Morgan fingerprint density at radius 2 is 1.71 bits per heavy atom. The molecule has 0 aromatic heterocycles. The summed E-state index contributed by atoms with van der Waals surface area (Å²) in [4.78, 5) is 24.1. The topological polar surface area (TPSA) is 105 Å². The number of carbonyl (C=O) groups is 2. The Bertz CT molecular complexity index is 1070. The number of rotatable bonds is 6. The third-order valence-electron chi connectivity index (χ3n) is 5.23. The summed E-state index contributed by atoms with van der Waals surface area (Å²) in [6.07, 6.45) is 1.22. The maximum absolute atomic E-state index is 13.1. The van der Waals surface area contributed by atoms with Crippen LogP contribution >= 0.6 is 0 Å². The van der Waals surface area contributed by atoms with E-state index in [-0.39, 0.29) is 23.3 Å². The molecule has 0 spiro atoms. The zero-order valence-electron chi connectivity index (χ0n) is 17.8. The number of amides is 2. The number of piperidine rings is 1. The summed E-state index contributed by atoms with van der Waals surface area (Å²) in [5, 5.41) is 5.50. The molecule has 2 amide bonds. The third kappa shape index (κ3) is 5.42. The van der Waals surface area contributed by atoms with Gasteiger partial charge in [0.15, 0.2) is 0 Å². The lowest BCUT2D eigenvalue weighted by Crippen LogP contribution is -2.43. The van der Waals surface area contributed by atoms with Crippen LogP contribution in [-0.4, -0.2) is 44.7 Å². The van der Waals surface area contributed by atoms with E-state index in [1.165, 1.54) is 24.4 Å². The van der Waals surface area contributed by atoms with Crippen molar-refractivity contribution in [2.75, 3.05) is 30.8 Å². The fraction of sp³-hybridized carbons (Fsp3) is 0.364. The van der Waals surface area contributed by atoms with E-state index in [2.05, 4.69) is 10.6 Å². The second kappa shape index (κ2) is 9.49. The number of sulfonamides is 1. The van der Waals surface area contributed by atoms with Gasteiger partial charge in [0.1, 0.15) is 5.75 Å². The van der Waals surface area contributed by atoms with Gasteiger partial charge in [-0.1, -0.05) is 0 Å². The molecule has 0 saturated carbocycles. The predicted molar refractivity (Wildman–Crippen MR) is 119 cm³/mol. The third-order valence-corrected chi connectivity index (χ3v) is 7.09. The Labute approximate surface area is 182 Å². The molecular weight excluding hydrogens is 418 g/mol. The van der Waals surface area contributed by atoms with Crippen molar-refractivity contribution in [1.82, 2.24) is 4.31 Å². The van der Waals surface area contributed by atoms with Gasteiger partial charge in [0.05, 0.1) is 17.9 Å². The number of carbonyl (C=O) groups excluding carboxylic acids is 2. The number of aryl methyl sites for hydroxylation is 1. The van der Waals surface area contributed by atoms with Gasteiger partial charge >= 0.3 is 0 Å². The van der Waals surface area contributed by atoms with E-state index in [0.717, 1.165) is 5.56 Å². The highest BCUT2D eigenvalue weighted by Crippen LogP contribution is 2.28. The molecule has 9 heteroatoms. The first-order chi connectivity index (χ1) is 14.7. The van der Waals surface area contributed by atoms with E-state index in [9.17, 15) is 18.0 Å². The van der Waals surface area contributed by atoms with Crippen LogP contribution in [0, 0.1) is 12.8 Å². The number of anilines is 2. The second-order valence-electron chi connectivity index (χ2n) is 7.58. The highest BCUT2D eigenvalue weighted by Gasteiger charge is 2.33. The Morgan fingerprint density at radius 3 is 2.29 bits per heavy atom. The zero-order valence-corrected chi connectivity index (χ0v) is 18.7. The van der Waals surface area contributed by atoms with Crippen molar-refractivity contribution in [3.05, 3.63) is 48.0 Å². The monoisotopic (exact) mass is 445 g/mol. The lowest BCUT2D eigenvalue weighted by molar-refractivity contribution is -0.121. The minimum atomic E-state index is -3.71. The van der Waals surface area contributed by atoms with Gasteiger partial charge in [-0.25, -0.2) is 8.42 Å². The van der Waals surface area contributed by atoms with Crippen molar-refractivity contribution in [1.29, 1.82) is 0 Å². The van der Waals surface area contributed by atoms with Gasteiger partial charge in [0.25, 0.3) is 0 Å². The first kappa shape index (κ1) is 22.8. The standard InChI is InChI=1S/C22H27N3O5S/c1-15-13-20(10-11-21(15)30-3)31(28,29)25-12-4-5-17(14-25)22(27)24-19-8-6-18(7-9-19)23-16(2)26/h6-11,13,17H,4-5,12,14H2,1-3H3,(H,23,26)(H,24,27)/t17-/m1/s1. The van der Waals surface area contributed by atoms with Gasteiger partial charge in [-0.2, -0.15) is 4.31 Å². The second-order valence-corrected chi connectivity index (χ2v) is 9.52. The predicted octanol–water partition coefficient (Wildman–Crippen LogP) is 3.00. The van der Waals surface area contributed by atoms with Gasteiger partial charge in [-0.15, -0.1) is 0 Å². The Morgan fingerprint density at radius 1 is 1.06 bits per heavy atom. The molecule has 2 N–H and O–H groups in total. The van der Waals surface area contributed by atoms with Crippen LogP contribution in [-0.2, 0) is 19.6 Å². The smallest absolute Gasteiger partial charge is 0.243 e. The van der Waals surface area contributed by atoms with E-state index in [0.29, 0.717) is 36.5 Å². The van der Waals surface area contributed by atoms with Crippen LogP contribution in [0.15, 0.2) is 47.4 Å². The molecule has 2 aromatic carbocycles. The number of methoxy groups -OCH3 is 1. The fourth-order valence-corrected chi connectivity index (χ4v) is 5.23. The molecule has 0 bridgehead atoms. The highest BCUT2D eigenvalue weighted by atomic mass is 32.2. The summed E-state index contributed by atoms with van der Waals surface area (Å²) < 4.78 is 32.8. The Kier molecular flexibility index (Phi) is 6.97. The molecule has 1 aliphatic heterocycles. The molecule has 0 unspecified atom stereocenters. The summed E-state index contributed by atoms with van der Waals surface area (Å²) in [6, 6.07) is 11.5. The number of benzene rings is 2. The van der Waals surface area contributed by atoms with Crippen LogP contribution in [0.4, 0.5) is 11.4 Å². The van der Waals surface area contributed by atoms with Crippen LogP contribution < -0.4 is 15.4 Å². The molecule has 3 rings (SSSR count). The average molecular weight is 446 g/mol. The maximum atomic E-state index is 13.1. The van der Waals surface area contributed by atoms with Crippen LogP contribution in [0.5, 0.6) is 5.75 Å². The normalized spacial score (nSPS) is 17.1. The Hall–Kier alpha value is -2.91. The average Bonchev–Trinajstić information content (AvgIpc) is 2.74. The molecule has 8 nitrogen and oxygen atoms in total. The zero-order chi connectivity index (χ0) is 22.6. The molecule has 31 heavy (non-hydrogen) atoms. The van der Waals surface area contributed by atoms with Crippen molar-refractivity contribution in [3.63, 3.8) is 0 Å². The summed E-state index contributed by atoms with van der Waals surface area (Å²) >= 11 is 0.